The number of esters is 1. The predicted molar refractivity (Wildman–Crippen MR) is 78.8 cm³/mol. The van der Waals surface area contributed by atoms with Crippen molar-refractivity contribution >= 4 is 5.97 Å². The molecule has 0 amide bonds. The van der Waals surface area contributed by atoms with E-state index in [-0.39, 0.29) is 18.5 Å². The number of nitrogens with one attached hydrogen (secondary N) is 1. The summed E-state index contributed by atoms with van der Waals surface area (Å²) in [6.07, 6.45) is 0.749. The maximum Gasteiger partial charge on any atom is 0.309 e. The van der Waals surface area contributed by atoms with Gasteiger partial charge in [0, 0.05) is 26.1 Å². The molecule has 0 aromatic heterocycles. The summed E-state index contributed by atoms with van der Waals surface area (Å²) < 4.78 is 10.1. The minimum atomic E-state index is -0.808. The van der Waals surface area contributed by atoms with Crippen LogP contribution in [-0.4, -0.2) is 43.0 Å². The Kier molecular flexibility index (Phi) is 5.33. The average Bonchev–Trinajstić information content (AvgIpc) is 2.80. The van der Waals surface area contributed by atoms with E-state index in [0.29, 0.717) is 26.1 Å². The predicted octanol–water partition coefficient (Wildman–Crippen LogP) is 1.03. The zero-order chi connectivity index (χ0) is 15.3. The first-order valence-corrected chi connectivity index (χ1v) is 7.23. The van der Waals surface area contributed by atoms with E-state index in [0.717, 1.165) is 11.1 Å². The fraction of sp³-hybridized carbons (Fsp3) is 0.562. The molecule has 2 rings (SSSR count). The van der Waals surface area contributed by atoms with Crippen molar-refractivity contribution in [3.63, 3.8) is 0 Å². The third kappa shape index (κ3) is 4.03. The zero-order valence-electron chi connectivity index (χ0n) is 12.6. The first-order chi connectivity index (χ1) is 10.0. The van der Waals surface area contributed by atoms with Crippen LogP contribution < -0.4 is 5.32 Å². The fourth-order valence-electron chi connectivity index (χ4n) is 2.55. The number of ether oxygens (including phenoxy) is 2. The quantitative estimate of drug-likeness (QED) is 0.767. The molecule has 1 aliphatic heterocycles. The van der Waals surface area contributed by atoms with Crippen LogP contribution in [0.25, 0.3) is 0 Å². The molecule has 2 N–H and O–H groups in total. The molecule has 0 bridgehead atoms. The molecule has 116 valence electrons. The van der Waals surface area contributed by atoms with Crippen LogP contribution in [0.4, 0.5) is 0 Å². The number of methoxy groups -OCH3 is 1. The van der Waals surface area contributed by atoms with Gasteiger partial charge in [0.2, 0.25) is 0 Å². The zero-order valence-corrected chi connectivity index (χ0v) is 12.6. The van der Waals surface area contributed by atoms with Gasteiger partial charge in [-0.3, -0.25) is 4.79 Å². The Balaban J connectivity index is 1.92. The molecule has 0 saturated carbocycles. The summed E-state index contributed by atoms with van der Waals surface area (Å²) in [4.78, 5) is 11.4. The molecule has 1 aliphatic rings. The highest BCUT2D eigenvalue weighted by atomic mass is 16.5. The van der Waals surface area contributed by atoms with Gasteiger partial charge in [-0.2, -0.15) is 0 Å². The van der Waals surface area contributed by atoms with E-state index in [9.17, 15) is 9.90 Å². The van der Waals surface area contributed by atoms with Gasteiger partial charge in [0.15, 0.2) is 0 Å². The Morgan fingerprint density at radius 1 is 1.48 bits per heavy atom. The van der Waals surface area contributed by atoms with Crippen LogP contribution in [-0.2, 0) is 27.2 Å². The number of benzene rings is 1. The van der Waals surface area contributed by atoms with Crippen molar-refractivity contribution in [3.05, 3.63) is 35.4 Å². The van der Waals surface area contributed by atoms with E-state index in [4.69, 9.17) is 9.47 Å². The summed E-state index contributed by atoms with van der Waals surface area (Å²) in [6, 6.07) is 7.74. The molecule has 1 fully saturated rings. The molecule has 5 nitrogen and oxygen atoms in total. The van der Waals surface area contributed by atoms with E-state index in [1.54, 1.807) is 0 Å². The largest absolute Gasteiger partial charge is 0.469 e. The second-order valence-electron chi connectivity index (χ2n) is 5.49. The number of carbonyl (C=O) groups excluding carboxylic acids is 1. The number of aliphatic hydroxyl groups is 1. The van der Waals surface area contributed by atoms with Gasteiger partial charge in [-0.15, -0.1) is 0 Å². The lowest BCUT2D eigenvalue weighted by atomic mass is 9.96. The van der Waals surface area contributed by atoms with Crippen molar-refractivity contribution in [1.82, 2.24) is 5.32 Å². The lowest BCUT2D eigenvalue weighted by molar-refractivity contribution is -0.139. The molecule has 0 radical (unpaired) electrons. The van der Waals surface area contributed by atoms with Gasteiger partial charge >= 0.3 is 5.97 Å². The summed E-state index contributed by atoms with van der Waals surface area (Å²) in [5, 5.41) is 13.7. The lowest BCUT2D eigenvalue weighted by Crippen LogP contribution is -2.45. The van der Waals surface area contributed by atoms with E-state index in [1.165, 1.54) is 7.11 Å². The summed E-state index contributed by atoms with van der Waals surface area (Å²) in [5.74, 6) is -0.251. The minimum absolute atomic E-state index is 0.157. The van der Waals surface area contributed by atoms with Crippen molar-refractivity contribution in [1.29, 1.82) is 0 Å². The maximum atomic E-state index is 11.4. The Morgan fingerprint density at radius 3 is 2.81 bits per heavy atom. The molecule has 1 aromatic rings. The third-order valence-electron chi connectivity index (χ3n) is 4.09. The molecule has 1 saturated heterocycles. The standard InChI is InChI=1S/C16H23NO4/c1-12-16(19,7-8-21-12)11-17-10-14-6-4-3-5-13(14)9-15(18)20-2/h3-6,12,17,19H,7-11H2,1-2H3. The van der Waals surface area contributed by atoms with Gasteiger partial charge in [0.05, 0.1) is 19.6 Å². The van der Waals surface area contributed by atoms with Gasteiger partial charge in [0.1, 0.15) is 5.60 Å². The van der Waals surface area contributed by atoms with E-state index in [2.05, 4.69) is 5.32 Å². The molecule has 0 aliphatic carbocycles. The number of hydrogen-bond donors (Lipinski definition) is 2. The Bertz CT molecular complexity index is 491. The number of carbonyl (C=O) groups is 1. The highest BCUT2D eigenvalue weighted by Crippen LogP contribution is 2.24. The van der Waals surface area contributed by atoms with Gasteiger partial charge in [-0.25, -0.2) is 0 Å². The highest BCUT2D eigenvalue weighted by molar-refractivity contribution is 5.72. The van der Waals surface area contributed by atoms with Crippen molar-refractivity contribution in [2.45, 2.75) is 38.0 Å². The average molecular weight is 293 g/mol. The SMILES string of the molecule is COC(=O)Cc1ccccc1CNCC1(O)CCOC1C. The molecule has 5 heteroatoms. The van der Waals surface area contributed by atoms with Crippen molar-refractivity contribution < 1.29 is 19.4 Å². The van der Waals surface area contributed by atoms with Crippen LogP contribution in [0.15, 0.2) is 24.3 Å². The van der Waals surface area contributed by atoms with Crippen LogP contribution >= 0.6 is 0 Å². The molecule has 21 heavy (non-hydrogen) atoms. The third-order valence-corrected chi connectivity index (χ3v) is 4.09. The number of hydrogen-bond acceptors (Lipinski definition) is 5. The smallest absolute Gasteiger partial charge is 0.309 e. The molecule has 1 aromatic carbocycles. The van der Waals surface area contributed by atoms with E-state index >= 15 is 0 Å². The lowest BCUT2D eigenvalue weighted by Gasteiger charge is -2.26. The summed E-state index contributed by atoms with van der Waals surface area (Å²) in [5.41, 5.74) is 1.18. The summed E-state index contributed by atoms with van der Waals surface area (Å²) in [7, 11) is 1.39. The Morgan fingerprint density at radius 2 is 2.19 bits per heavy atom. The summed E-state index contributed by atoms with van der Waals surface area (Å²) in [6.45, 7) is 3.56. The Labute approximate surface area is 125 Å². The molecular weight excluding hydrogens is 270 g/mol. The van der Waals surface area contributed by atoms with Crippen LogP contribution in [0.3, 0.4) is 0 Å². The van der Waals surface area contributed by atoms with Gasteiger partial charge in [-0.05, 0) is 18.1 Å². The second kappa shape index (κ2) is 7.02. The Hall–Kier alpha value is -1.43. The van der Waals surface area contributed by atoms with Crippen LogP contribution in [0.1, 0.15) is 24.5 Å². The van der Waals surface area contributed by atoms with Crippen LogP contribution in [0.2, 0.25) is 0 Å². The maximum absolute atomic E-state index is 11.4. The normalized spacial score (nSPS) is 25.0. The first-order valence-electron chi connectivity index (χ1n) is 7.23. The topological polar surface area (TPSA) is 67.8 Å². The van der Waals surface area contributed by atoms with Crippen molar-refractivity contribution in [2.75, 3.05) is 20.3 Å². The number of rotatable bonds is 6. The van der Waals surface area contributed by atoms with Gasteiger partial charge in [0.25, 0.3) is 0 Å². The second-order valence-corrected chi connectivity index (χ2v) is 5.49. The summed E-state index contributed by atoms with van der Waals surface area (Å²) >= 11 is 0. The highest BCUT2D eigenvalue weighted by Gasteiger charge is 2.38. The molecular formula is C16H23NO4. The van der Waals surface area contributed by atoms with Gasteiger partial charge in [-0.1, -0.05) is 24.3 Å². The first kappa shape index (κ1) is 15.9. The van der Waals surface area contributed by atoms with Crippen LogP contribution in [0.5, 0.6) is 0 Å². The molecule has 2 unspecified atom stereocenters. The monoisotopic (exact) mass is 293 g/mol. The molecule has 2 atom stereocenters. The fourth-order valence-corrected chi connectivity index (χ4v) is 2.55. The molecule has 1 heterocycles. The van der Waals surface area contributed by atoms with E-state index in [1.807, 2.05) is 31.2 Å². The molecule has 0 spiro atoms. The van der Waals surface area contributed by atoms with E-state index < -0.39 is 5.60 Å². The van der Waals surface area contributed by atoms with Crippen molar-refractivity contribution in [2.24, 2.45) is 0 Å². The minimum Gasteiger partial charge on any atom is -0.469 e. The van der Waals surface area contributed by atoms with Crippen molar-refractivity contribution in [3.8, 4) is 0 Å². The van der Waals surface area contributed by atoms with Gasteiger partial charge < -0.3 is 19.9 Å². The van der Waals surface area contributed by atoms with Crippen LogP contribution in [0, 0.1) is 0 Å².